The number of fused-ring (bicyclic) bond motifs is 1. The number of unbranched alkanes of at least 4 members (excludes halogenated alkanes) is 4. The van der Waals surface area contributed by atoms with Crippen molar-refractivity contribution in [2.24, 2.45) is 0 Å². The third-order valence-electron chi connectivity index (χ3n) is 10.5. The fraction of sp³-hybridized carbons (Fsp3) is 0.333. The highest BCUT2D eigenvalue weighted by molar-refractivity contribution is 6.30. The monoisotopic (exact) mass is 768 g/mol. The fourth-order valence-corrected chi connectivity index (χ4v) is 7.38. The van der Waals surface area contributed by atoms with Crippen LogP contribution in [0.1, 0.15) is 86.1 Å². The van der Waals surface area contributed by atoms with Crippen LogP contribution in [-0.2, 0) is 16.0 Å². The summed E-state index contributed by atoms with van der Waals surface area (Å²) in [4.78, 5) is 78.9. The average molecular weight is 769 g/mol. The molecule has 0 aliphatic carbocycles. The second-order valence-corrected chi connectivity index (χ2v) is 14.7. The van der Waals surface area contributed by atoms with E-state index < -0.39 is 23.3 Å². The van der Waals surface area contributed by atoms with Crippen LogP contribution in [0.2, 0.25) is 0 Å². The lowest BCUT2D eigenvalue weighted by Gasteiger charge is -2.28. The number of rotatable bonds is 13. The summed E-state index contributed by atoms with van der Waals surface area (Å²) in [5.74, 6) is -0.457. The maximum absolute atomic E-state index is 15.5. The van der Waals surface area contributed by atoms with E-state index in [1.54, 1.807) is 50.1 Å². The van der Waals surface area contributed by atoms with Crippen molar-refractivity contribution in [3.05, 3.63) is 101 Å². The first kappa shape index (κ1) is 38.6. The van der Waals surface area contributed by atoms with Crippen LogP contribution < -0.4 is 14.7 Å². The molecule has 2 aromatic carbocycles. The first-order valence-electron chi connectivity index (χ1n) is 18.9. The standard InChI is InChI=1S/C42H41FN10O4/c1-25-21-27(13-16-32(25)44-5)52-40(56)42(3,4)53(41(52)57)28-12-14-30(31(43)22-28)36(54)11-9-7-6-8-10-20-51-37(55)19-18-34-39(51)49-35(23-45-34)29-15-17-33(48-26(29)2)38-46-24-47-50-38/h12-17,21-24H,6-11,18-20H2,1-4H3,(H,46,47,50). The number of anilines is 3. The van der Waals surface area contributed by atoms with Crippen molar-refractivity contribution in [1.82, 2.24) is 30.1 Å². The van der Waals surface area contributed by atoms with Gasteiger partial charge in [-0.3, -0.25) is 34.3 Å². The summed E-state index contributed by atoms with van der Waals surface area (Å²) in [7, 11) is 0. The number of nitrogens with one attached hydrogen (secondary N) is 1. The van der Waals surface area contributed by atoms with Gasteiger partial charge in [-0.25, -0.2) is 33.9 Å². The van der Waals surface area contributed by atoms with Crippen molar-refractivity contribution in [2.45, 2.75) is 84.6 Å². The zero-order valence-electron chi connectivity index (χ0n) is 32.2. The number of H-pyrrole nitrogens is 1. The number of carbonyl (C=O) groups excluding carboxylic acids is 4. The number of aromatic amines is 1. The van der Waals surface area contributed by atoms with E-state index in [1.807, 2.05) is 19.1 Å². The van der Waals surface area contributed by atoms with Gasteiger partial charge in [0.25, 0.3) is 5.91 Å². The molecule has 0 radical (unpaired) electrons. The van der Waals surface area contributed by atoms with Gasteiger partial charge in [0.2, 0.25) is 5.91 Å². The summed E-state index contributed by atoms with van der Waals surface area (Å²) in [5, 5.41) is 6.70. The van der Waals surface area contributed by atoms with E-state index in [2.05, 4.69) is 30.0 Å². The Balaban J connectivity index is 0.913. The van der Waals surface area contributed by atoms with Gasteiger partial charge in [-0.15, -0.1) is 0 Å². The molecule has 2 aliphatic heterocycles. The Labute approximate surface area is 329 Å². The number of aromatic nitrogens is 6. The molecule has 0 bridgehead atoms. The fourth-order valence-electron chi connectivity index (χ4n) is 7.38. The van der Waals surface area contributed by atoms with E-state index in [4.69, 9.17) is 11.6 Å². The lowest BCUT2D eigenvalue weighted by Crippen LogP contribution is -2.44. The molecule has 3 aromatic heterocycles. The summed E-state index contributed by atoms with van der Waals surface area (Å²) in [5.41, 5.74) is 3.74. The third-order valence-corrected chi connectivity index (χ3v) is 10.5. The number of nitrogens with zero attached hydrogens (tertiary/aromatic N) is 9. The Morgan fingerprint density at radius 2 is 1.68 bits per heavy atom. The largest absolute Gasteiger partial charge is 0.336 e. The number of halogens is 1. The van der Waals surface area contributed by atoms with E-state index in [-0.39, 0.29) is 29.4 Å². The minimum atomic E-state index is -1.33. The summed E-state index contributed by atoms with van der Waals surface area (Å²) < 4.78 is 15.5. The van der Waals surface area contributed by atoms with Gasteiger partial charge in [0.1, 0.15) is 23.4 Å². The summed E-state index contributed by atoms with van der Waals surface area (Å²) in [6.45, 7) is 14.6. The quantitative estimate of drug-likeness (QED) is 0.0543. The van der Waals surface area contributed by atoms with Crippen LogP contribution in [0.5, 0.6) is 0 Å². The van der Waals surface area contributed by atoms with E-state index in [9.17, 15) is 19.2 Å². The van der Waals surface area contributed by atoms with Gasteiger partial charge >= 0.3 is 6.03 Å². The van der Waals surface area contributed by atoms with Gasteiger partial charge in [0.15, 0.2) is 23.1 Å². The van der Waals surface area contributed by atoms with Gasteiger partial charge in [0.05, 0.1) is 35.4 Å². The number of carbonyl (C=O) groups is 4. The van der Waals surface area contributed by atoms with E-state index in [1.165, 1.54) is 23.4 Å². The minimum absolute atomic E-state index is 0.00649. The molecule has 0 unspecified atom stereocenters. The Bertz CT molecular complexity index is 2440. The van der Waals surface area contributed by atoms with Crippen molar-refractivity contribution in [3.8, 4) is 22.8 Å². The normalized spacial score (nSPS) is 14.9. The SMILES string of the molecule is [C-]#[N+]c1ccc(N2C(=O)N(c3ccc(C(=O)CCCCCCCN4C(=O)CCc5ncc(-c6ccc(-c7ncn[nH]7)nc6C)nc54)c(F)c3)C(C)(C)C2=O)cc1C. The van der Waals surface area contributed by atoms with Crippen molar-refractivity contribution < 1.29 is 23.6 Å². The zero-order chi connectivity index (χ0) is 40.4. The molecule has 2 aliphatic rings. The molecule has 0 atom stereocenters. The summed E-state index contributed by atoms with van der Waals surface area (Å²) >= 11 is 0. The minimum Gasteiger partial charge on any atom is -0.295 e. The molecule has 4 amide bonds. The molecular formula is C42H41FN10O4. The number of benzene rings is 2. The molecule has 15 heteroatoms. The van der Waals surface area contributed by atoms with Gasteiger partial charge in [-0.2, -0.15) is 5.10 Å². The molecule has 7 rings (SSSR count). The lowest BCUT2D eigenvalue weighted by molar-refractivity contribution is -0.120. The molecule has 0 spiro atoms. The Kier molecular flexibility index (Phi) is 10.7. The predicted molar refractivity (Wildman–Crippen MR) is 211 cm³/mol. The number of pyridine rings is 1. The maximum atomic E-state index is 15.5. The molecule has 5 aromatic rings. The van der Waals surface area contributed by atoms with Crippen molar-refractivity contribution in [2.75, 3.05) is 21.2 Å². The van der Waals surface area contributed by atoms with Crippen LogP contribution in [0.3, 0.4) is 0 Å². The van der Waals surface area contributed by atoms with Gasteiger partial charge < -0.3 is 0 Å². The highest BCUT2D eigenvalue weighted by atomic mass is 19.1. The molecule has 1 fully saturated rings. The van der Waals surface area contributed by atoms with Gasteiger partial charge in [-0.05, 0) is 88.6 Å². The zero-order valence-corrected chi connectivity index (χ0v) is 32.2. The van der Waals surface area contributed by atoms with Crippen LogP contribution in [0, 0.1) is 26.2 Å². The highest BCUT2D eigenvalue weighted by Crippen LogP contribution is 2.38. The number of hydrogen-bond donors (Lipinski definition) is 1. The van der Waals surface area contributed by atoms with Crippen LogP contribution in [0.15, 0.2) is 61.1 Å². The summed E-state index contributed by atoms with van der Waals surface area (Å²) in [6, 6.07) is 11.8. The van der Waals surface area contributed by atoms with Crippen molar-refractivity contribution in [1.29, 1.82) is 0 Å². The van der Waals surface area contributed by atoms with E-state index in [0.717, 1.165) is 53.6 Å². The Morgan fingerprint density at radius 1 is 0.912 bits per heavy atom. The third kappa shape index (κ3) is 7.50. The Morgan fingerprint density at radius 3 is 2.40 bits per heavy atom. The number of urea groups is 1. The van der Waals surface area contributed by atoms with Gasteiger partial charge in [0, 0.05) is 42.8 Å². The first-order valence-corrected chi connectivity index (χ1v) is 18.9. The molecule has 1 saturated heterocycles. The molecule has 1 N–H and O–H groups in total. The van der Waals surface area contributed by atoms with Crippen LogP contribution in [-0.4, -0.2) is 65.8 Å². The number of Topliss-reactive ketones (excluding diaryl/α,β-unsaturated/α-hetero) is 1. The van der Waals surface area contributed by atoms with E-state index >= 15 is 4.39 Å². The van der Waals surface area contributed by atoms with Gasteiger partial charge in [-0.1, -0.05) is 25.3 Å². The highest BCUT2D eigenvalue weighted by Gasteiger charge is 2.52. The molecule has 14 nitrogen and oxygen atoms in total. The van der Waals surface area contributed by atoms with Crippen LogP contribution >= 0.6 is 0 Å². The van der Waals surface area contributed by atoms with Crippen LogP contribution in [0.25, 0.3) is 27.6 Å². The molecule has 5 heterocycles. The lowest BCUT2D eigenvalue weighted by atomic mass is 10.0. The number of imide groups is 1. The number of hydrogen-bond acceptors (Lipinski definition) is 9. The number of amides is 4. The molecule has 290 valence electrons. The molecule has 57 heavy (non-hydrogen) atoms. The first-order chi connectivity index (χ1) is 27.4. The van der Waals surface area contributed by atoms with Crippen molar-refractivity contribution >= 4 is 46.5 Å². The van der Waals surface area contributed by atoms with Crippen LogP contribution in [0.4, 0.5) is 32.1 Å². The second kappa shape index (κ2) is 15.8. The number of ketones is 1. The average Bonchev–Trinajstić information content (AvgIpc) is 3.79. The molecule has 0 saturated carbocycles. The number of aryl methyl sites for hydroxylation is 3. The summed E-state index contributed by atoms with van der Waals surface area (Å²) in [6.07, 6.45) is 7.92. The predicted octanol–water partition coefficient (Wildman–Crippen LogP) is 7.88. The van der Waals surface area contributed by atoms with E-state index in [0.29, 0.717) is 65.8 Å². The maximum Gasteiger partial charge on any atom is 0.336 e. The van der Waals surface area contributed by atoms with Crippen molar-refractivity contribution in [3.63, 3.8) is 0 Å². The Hall–Kier alpha value is -6.69. The molecular weight excluding hydrogens is 728 g/mol. The smallest absolute Gasteiger partial charge is 0.295 e. The topological polar surface area (TPSA) is 163 Å². The second-order valence-electron chi connectivity index (χ2n) is 14.7.